The maximum Gasteiger partial charge on any atom is 0.216 e. The maximum absolute atomic E-state index is 12.5. The molecule has 0 spiro atoms. The van der Waals surface area contributed by atoms with E-state index < -0.39 is 0 Å². The molecule has 1 heterocycles. The van der Waals surface area contributed by atoms with Crippen LogP contribution in [0.5, 0.6) is 17.4 Å². The summed E-state index contributed by atoms with van der Waals surface area (Å²) in [7, 11) is 4.58. The minimum atomic E-state index is -0.200. The Bertz CT molecular complexity index is 829. The van der Waals surface area contributed by atoms with Gasteiger partial charge in [-0.25, -0.2) is 4.98 Å². The van der Waals surface area contributed by atoms with Crippen LogP contribution < -0.4 is 14.2 Å². The fraction of sp³-hybridized carbons (Fsp3) is 0.350. The summed E-state index contributed by atoms with van der Waals surface area (Å²) >= 11 is 0. The van der Waals surface area contributed by atoms with Crippen molar-refractivity contribution in [3.05, 3.63) is 46.6 Å². The minimum absolute atomic E-state index is 0.0748. The number of carbonyl (C=O) groups excluding carboxylic acids is 2. The Labute approximate surface area is 153 Å². The van der Waals surface area contributed by atoms with Crippen LogP contribution in [-0.4, -0.2) is 37.9 Å². The number of hydrogen-bond acceptors (Lipinski definition) is 6. The molecule has 0 aliphatic heterocycles. The summed E-state index contributed by atoms with van der Waals surface area (Å²) in [4.78, 5) is 29.0. The second-order valence-electron chi connectivity index (χ2n) is 5.90. The van der Waals surface area contributed by atoms with Crippen LogP contribution >= 0.6 is 0 Å². The van der Waals surface area contributed by atoms with Crippen molar-refractivity contribution in [2.45, 2.75) is 26.7 Å². The lowest BCUT2D eigenvalue weighted by atomic mass is 10.0. The van der Waals surface area contributed by atoms with Gasteiger partial charge in [-0.15, -0.1) is 0 Å². The maximum atomic E-state index is 12.5. The molecular formula is C20H23NO5. The smallest absolute Gasteiger partial charge is 0.216 e. The third kappa shape index (κ3) is 4.20. The highest BCUT2D eigenvalue weighted by atomic mass is 16.5. The Morgan fingerprint density at radius 2 is 1.58 bits per heavy atom. The number of aryl methyl sites for hydroxylation is 2. The molecule has 6 nitrogen and oxygen atoms in total. The number of hydrogen-bond donors (Lipinski definition) is 0. The van der Waals surface area contributed by atoms with Gasteiger partial charge in [-0.1, -0.05) is 6.07 Å². The predicted molar refractivity (Wildman–Crippen MR) is 97.7 cm³/mol. The van der Waals surface area contributed by atoms with Crippen LogP contribution in [0.2, 0.25) is 0 Å². The number of Topliss-reactive ketones (excluding diaryl/α,β-unsaturated/α-hetero) is 2. The molecule has 1 aromatic heterocycles. The second kappa shape index (κ2) is 8.47. The Morgan fingerprint density at radius 1 is 0.885 bits per heavy atom. The van der Waals surface area contributed by atoms with Crippen molar-refractivity contribution in [1.29, 1.82) is 0 Å². The lowest BCUT2D eigenvalue weighted by molar-refractivity contribution is 0.0914. The fourth-order valence-electron chi connectivity index (χ4n) is 2.69. The zero-order chi connectivity index (χ0) is 19.3. The van der Waals surface area contributed by atoms with Crippen LogP contribution in [0.4, 0.5) is 0 Å². The first-order valence-electron chi connectivity index (χ1n) is 8.22. The molecule has 0 aliphatic carbocycles. The molecule has 2 rings (SSSR count). The van der Waals surface area contributed by atoms with E-state index in [9.17, 15) is 9.59 Å². The third-order valence-electron chi connectivity index (χ3n) is 4.10. The average Bonchev–Trinajstić information content (AvgIpc) is 2.65. The first-order valence-corrected chi connectivity index (χ1v) is 8.22. The van der Waals surface area contributed by atoms with Gasteiger partial charge in [-0.3, -0.25) is 9.59 Å². The van der Waals surface area contributed by atoms with Gasteiger partial charge in [0.05, 0.1) is 21.3 Å². The van der Waals surface area contributed by atoms with E-state index in [-0.39, 0.29) is 24.4 Å². The first-order chi connectivity index (χ1) is 12.4. The van der Waals surface area contributed by atoms with E-state index in [0.29, 0.717) is 28.6 Å². The fourth-order valence-corrected chi connectivity index (χ4v) is 2.69. The minimum Gasteiger partial charge on any atom is -0.493 e. The highest BCUT2D eigenvalue weighted by molar-refractivity contribution is 6.01. The Balaban J connectivity index is 2.11. The van der Waals surface area contributed by atoms with Gasteiger partial charge in [0.15, 0.2) is 23.1 Å². The molecule has 0 saturated carbocycles. The zero-order valence-corrected chi connectivity index (χ0v) is 15.7. The van der Waals surface area contributed by atoms with Gasteiger partial charge >= 0.3 is 0 Å². The van der Waals surface area contributed by atoms with Crippen molar-refractivity contribution in [2.75, 3.05) is 21.3 Å². The number of methoxy groups -OCH3 is 3. The normalized spacial score (nSPS) is 10.3. The number of nitrogens with zero attached hydrogens (tertiary/aromatic N) is 1. The number of rotatable bonds is 8. The van der Waals surface area contributed by atoms with Gasteiger partial charge < -0.3 is 14.2 Å². The molecule has 0 bridgehead atoms. The van der Waals surface area contributed by atoms with Gasteiger partial charge in [0.1, 0.15) is 5.69 Å². The van der Waals surface area contributed by atoms with E-state index in [0.717, 1.165) is 11.1 Å². The van der Waals surface area contributed by atoms with Crippen LogP contribution in [-0.2, 0) is 0 Å². The largest absolute Gasteiger partial charge is 0.493 e. The molecular weight excluding hydrogens is 334 g/mol. The molecule has 0 N–H and O–H groups in total. The lowest BCUT2D eigenvalue weighted by Crippen LogP contribution is -2.08. The van der Waals surface area contributed by atoms with E-state index in [2.05, 4.69) is 4.98 Å². The Hall–Kier alpha value is -2.89. The highest BCUT2D eigenvalue weighted by Crippen LogP contribution is 2.32. The van der Waals surface area contributed by atoms with E-state index in [1.807, 2.05) is 13.8 Å². The Kier molecular flexibility index (Phi) is 6.33. The van der Waals surface area contributed by atoms with Crippen molar-refractivity contribution in [3.8, 4) is 17.4 Å². The molecule has 0 radical (unpaired) electrons. The summed E-state index contributed by atoms with van der Waals surface area (Å²) in [5.74, 6) is 1.16. The predicted octanol–water partition coefficient (Wildman–Crippen LogP) is 3.57. The molecule has 26 heavy (non-hydrogen) atoms. The third-order valence-corrected chi connectivity index (χ3v) is 4.10. The van der Waals surface area contributed by atoms with E-state index in [1.165, 1.54) is 14.2 Å². The van der Waals surface area contributed by atoms with Gasteiger partial charge in [0, 0.05) is 24.0 Å². The molecule has 0 atom stereocenters. The molecule has 0 saturated heterocycles. The first kappa shape index (κ1) is 19.4. The van der Waals surface area contributed by atoms with Crippen LogP contribution in [0.15, 0.2) is 24.3 Å². The molecule has 0 amide bonds. The number of benzene rings is 1. The van der Waals surface area contributed by atoms with Gasteiger partial charge in [-0.2, -0.15) is 0 Å². The molecule has 1 aromatic carbocycles. The van der Waals surface area contributed by atoms with Crippen LogP contribution in [0.25, 0.3) is 0 Å². The van der Waals surface area contributed by atoms with Crippen LogP contribution in [0.1, 0.15) is 44.8 Å². The molecule has 138 valence electrons. The number of pyridine rings is 1. The number of ketones is 2. The number of ether oxygens (including phenoxy) is 3. The van der Waals surface area contributed by atoms with Crippen molar-refractivity contribution in [2.24, 2.45) is 0 Å². The molecule has 0 unspecified atom stereocenters. The summed E-state index contributed by atoms with van der Waals surface area (Å²) in [5.41, 5.74) is 2.43. The topological polar surface area (TPSA) is 74.7 Å². The summed E-state index contributed by atoms with van der Waals surface area (Å²) in [6.07, 6.45) is 0.164. The number of aromatic nitrogens is 1. The lowest BCUT2D eigenvalue weighted by Gasteiger charge is -2.12. The van der Waals surface area contributed by atoms with Gasteiger partial charge in [-0.05, 0) is 37.6 Å². The van der Waals surface area contributed by atoms with E-state index >= 15 is 0 Å². The van der Waals surface area contributed by atoms with Crippen LogP contribution in [0.3, 0.4) is 0 Å². The summed E-state index contributed by atoms with van der Waals surface area (Å²) in [6, 6.07) is 6.79. The summed E-state index contributed by atoms with van der Waals surface area (Å²) in [6.45, 7) is 3.69. The van der Waals surface area contributed by atoms with Gasteiger partial charge in [0.25, 0.3) is 0 Å². The summed E-state index contributed by atoms with van der Waals surface area (Å²) < 4.78 is 15.7. The van der Waals surface area contributed by atoms with Crippen molar-refractivity contribution in [1.82, 2.24) is 4.98 Å². The van der Waals surface area contributed by atoms with Crippen molar-refractivity contribution in [3.63, 3.8) is 0 Å². The summed E-state index contributed by atoms with van der Waals surface area (Å²) in [5, 5.41) is 0. The average molecular weight is 357 g/mol. The quantitative estimate of drug-likeness (QED) is 0.672. The standard InChI is InChI=1S/C20H23NO5/c1-12-6-7-15(21-20(12)26-5)17(23)9-8-16(22)14-10-13(2)19(25-4)18(11-14)24-3/h6-7,10-11H,8-9H2,1-5H3. The molecule has 2 aromatic rings. The Morgan fingerprint density at radius 3 is 2.19 bits per heavy atom. The monoisotopic (exact) mass is 357 g/mol. The van der Waals surface area contributed by atoms with E-state index in [1.54, 1.807) is 31.4 Å². The SMILES string of the molecule is COc1cc(C(=O)CCC(=O)c2ccc(C)c(OC)n2)cc(C)c1OC. The van der Waals surface area contributed by atoms with Crippen molar-refractivity contribution >= 4 is 11.6 Å². The molecule has 6 heteroatoms. The molecule has 0 aliphatic rings. The molecule has 0 fully saturated rings. The zero-order valence-electron chi connectivity index (χ0n) is 15.7. The van der Waals surface area contributed by atoms with Crippen LogP contribution in [0, 0.1) is 13.8 Å². The second-order valence-corrected chi connectivity index (χ2v) is 5.90. The number of carbonyl (C=O) groups is 2. The highest BCUT2D eigenvalue weighted by Gasteiger charge is 2.17. The van der Waals surface area contributed by atoms with Gasteiger partial charge in [0.2, 0.25) is 5.88 Å². The van der Waals surface area contributed by atoms with E-state index in [4.69, 9.17) is 14.2 Å². The van der Waals surface area contributed by atoms with Crippen molar-refractivity contribution < 1.29 is 23.8 Å².